The van der Waals surface area contributed by atoms with E-state index in [0.29, 0.717) is 12.2 Å². The quantitative estimate of drug-likeness (QED) is 0.520. The molecule has 1 amide bonds. The van der Waals surface area contributed by atoms with Crippen molar-refractivity contribution in [3.8, 4) is 0 Å². The van der Waals surface area contributed by atoms with E-state index >= 15 is 0 Å². The molecule has 0 radical (unpaired) electrons. The Kier molecular flexibility index (Phi) is 6.69. The summed E-state index contributed by atoms with van der Waals surface area (Å²) >= 11 is 5.96. The lowest BCUT2D eigenvalue weighted by Crippen LogP contribution is -2.41. The highest BCUT2D eigenvalue weighted by atomic mass is 32.2. The third-order valence-corrected chi connectivity index (χ3v) is 4.38. The number of rotatable bonds is 2. The number of hydrogen-bond acceptors (Lipinski definition) is 4. The summed E-state index contributed by atoms with van der Waals surface area (Å²) in [6, 6.07) is 3.30. The van der Waals surface area contributed by atoms with Crippen LogP contribution in [0, 0.1) is 6.92 Å². The van der Waals surface area contributed by atoms with Crippen molar-refractivity contribution in [3.05, 3.63) is 34.9 Å². The topological polar surface area (TPSA) is 29.5 Å². The van der Waals surface area contributed by atoms with Crippen LogP contribution in [-0.2, 0) is 10.9 Å². The zero-order chi connectivity index (χ0) is 18.7. The average molecular weight is 379 g/mol. The Labute approximate surface area is 149 Å². The van der Waals surface area contributed by atoms with Crippen LogP contribution in [0.1, 0.15) is 49.2 Å². The van der Waals surface area contributed by atoms with E-state index in [4.69, 9.17) is 17.0 Å². The van der Waals surface area contributed by atoms with Crippen molar-refractivity contribution in [3.63, 3.8) is 0 Å². The van der Waals surface area contributed by atoms with Gasteiger partial charge in [-0.05, 0) is 70.6 Å². The predicted molar refractivity (Wildman–Crippen MR) is 93.9 cm³/mol. The molecule has 8 heteroatoms. The molecule has 0 spiro atoms. The summed E-state index contributed by atoms with van der Waals surface area (Å²) in [7, 11) is 0. The maximum absolute atomic E-state index is 13.0. The van der Waals surface area contributed by atoms with Gasteiger partial charge in [-0.2, -0.15) is 13.2 Å². The van der Waals surface area contributed by atoms with Crippen LogP contribution >= 0.6 is 24.2 Å². The largest absolute Gasteiger partial charge is 0.478 e. The van der Waals surface area contributed by atoms with Crippen LogP contribution < -0.4 is 0 Å². The molecule has 0 aliphatic rings. The lowest BCUT2D eigenvalue weighted by atomic mass is 10.0. The molecule has 1 rings (SSSR count). The van der Waals surface area contributed by atoms with Gasteiger partial charge in [0, 0.05) is 23.1 Å². The molecule has 1 aromatic rings. The molecule has 24 heavy (non-hydrogen) atoms. The van der Waals surface area contributed by atoms with E-state index in [1.54, 1.807) is 27.7 Å². The maximum Gasteiger partial charge on any atom is 0.416 e. The van der Waals surface area contributed by atoms with Crippen LogP contribution in [0.5, 0.6) is 0 Å². The van der Waals surface area contributed by atoms with Crippen molar-refractivity contribution in [2.75, 3.05) is 6.61 Å². The van der Waals surface area contributed by atoms with E-state index in [0.717, 1.165) is 24.1 Å². The van der Waals surface area contributed by atoms with Gasteiger partial charge in [-0.15, -0.1) is 0 Å². The summed E-state index contributed by atoms with van der Waals surface area (Å²) in [5.41, 5.74) is -1.19. The molecule has 0 aliphatic heterocycles. The summed E-state index contributed by atoms with van der Waals surface area (Å²) in [6.07, 6.45) is -4.51. The smallest absolute Gasteiger partial charge is 0.416 e. The lowest BCUT2D eigenvalue weighted by Gasteiger charge is -2.34. The van der Waals surface area contributed by atoms with E-state index in [1.807, 2.05) is 0 Å². The Hall–Kier alpha value is -1.28. The molecule has 0 aliphatic carbocycles. The number of amides is 1. The molecule has 0 aromatic heterocycles. The van der Waals surface area contributed by atoms with Crippen molar-refractivity contribution < 1.29 is 22.7 Å². The Morgan fingerprint density at radius 2 is 1.83 bits per heavy atom. The van der Waals surface area contributed by atoms with E-state index in [-0.39, 0.29) is 9.95 Å². The van der Waals surface area contributed by atoms with Crippen molar-refractivity contribution in [2.24, 2.45) is 0 Å². The number of hydrogen-bond donors (Lipinski definition) is 0. The molecular formula is C16H20F3NO2S2. The zero-order valence-corrected chi connectivity index (χ0v) is 15.8. The normalized spacial score (nSPS) is 12.0. The second-order valence-corrected chi connectivity index (χ2v) is 7.68. The van der Waals surface area contributed by atoms with Crippen molar-refractivity contribution in [1.29, 1.82) is 0 Å². The van der Waals surface area contributed by atoms with Gasteiger partial charge in [-0.1, -0.05) is 0 Å². The van der Waals surface area contributed by atoms with Gasteiger partial charge in [-0.25, -0.2) is 0 Å². The van der Waals surface area contributed by atoms with Crippen LogP contribution in [0.15, 0.2) is 18.2 Å². The number of nitrogens with zero attached hydrogens (tertiary/aromatic N) is 1. The number of ether oxygens (including phenoxy) is 1. The Bertz CT molecular complexity index is 625. The molecule has 134 valence electrons. The summed E-state index contributed by atoms with van der Waals surface area (Å²) in [6.45, 7) is 8.94. The fraction of sp³-hybridized carbons (Fsp3) is 0.500. The molecule has 0 saturated heterocycles. The van der Waals surface area contributed by atoms with Crippen LogP contribution in [0.2, 0.25) is 0 Å². The first kappa shape index (κ1) is 20.8. The fourth-order valence-electron chi connectivity index (χ4n) is 1.89. The average Bonchev–Trinajstić information content (AvgIpc) is 2.41. The van der Waals surface area contributed by atoms with Gasteiger partial charge in [0.2, 0.25) is 4.38 Å². The van der Waals surface area contributed by atoms with Gasteiger partial charge in [0.05, 0.1) is 12.2 Å². The highest BCUT2D eigenvalue weighted by molar-refractivity contribution is 8.21. The SMILES string of the molecule is CCOC(=S)SN(C(=O)c1cc(C)cc(C(F)(F)F)c1)C(C)(C)C. The van der Waals surface area contributed by atoms with Gasteiger partial charge in [0.1, 0.15) is 0 Å². The second kappa shape index (κ2) is 7.74. The molecule has 3 nitrogen and oxygen atoms in total. The summed E-state index contributed by atoms with van der Waals surface area (Å²) < 4.78 is 45.6. The predicted octanol–water partition coefficient (Wildman–Crippen LogP) is 5.22. The molecule has 0 N–H and O–H groups in total. The van der Waals surface area contributed by atoms with Crippen LogP contribution in [0.3, 0.4) is 0 Å². The second-order valence-electron chi connectivity index (χ2n) is 6.13. The number of carbonyl (C=O) groups excluding carboxylic acids is 1. The van der Waals surface area contributed by atoms with Gasteiger partial charge >= 0.3 is 6.18 Å². The highest BCUT2D eigenvalue weighted by Crippen LogP contribution is 2.33. The Morgan fingerprint density at radius 1 is 1.25 bits per heavy atom. The number of benzene rings is 1. The molecule has 1 aromatic carbocycles. The number of thiocarbonyl (C=S) groups is 1. The first-order valence-corrected chi connectivity index (χ1v) is 8.42. The molecule has 0 unspecified atom stereocenters. The minimum Gasteiger partial charge on any atom is -0.478 e. The van der Waals surface area contributed by atoms with E-state index in [1.165, 1.54) is 17.3 Å². The van der Waals surface area contributed by atoms with Crippen LogP contribution in [-0.4, -0.2) is 26.7 Å². The fourth-order valence-corrected chi connectivity index (χ4v) is 3.01. The highest BCUT2D eigenvalue weighted by Gasteiger charge is 2.34. The standard InChI is InChI=1S/C16H20F3NO2S2/c1-6-22-14(23)24-20(15(3,4)5)13(21)11-7-10(2)8-12(9-11)16(17,18)19/h7-9H,6H2,1-5H3. The van der Waals surface area contributed by atoms with Gasteiger partial charge in [0.25, 0.3) is 5.91 Å². The molecule has 0 atom stereocenters. The summed E-state index contributed by atoms with van der Waals surface area (Å²) in [5, 5.41) is 0. The number of carbonyl (C=O) groups is 1. The first-order valence-electron chi connectivity index (χ1n) is 7.24. The number of halogens is 3. The van der Waals surface area contributed by atoms with E-state index in [2.05, 4.69) is 0 Å². The van der Waals surface area contributed by atoms with Crippen LogP contribution in [0.4, 0.5) is 13.2 Å². The Balaban J connectivity index is 3.24. The molecule has 0 bridgehead atoms. The third kappa shape index (κ3) is 5.66. The zero-order valence-electron chi connectivity index (χ0n) is 14.2. The summed E-state index contributed by atoms with van der Waals surface area (Å²) in [4.78, 5) is 12.8. The van der Waals surface area contributed by atoms with Crippen LogP contribution in [0.25, 0.3) is 0 Å². The summed E-state index contributed by atoms with van der Waals surface area (Å²) in [5.74, 6) is -0.552. The monoisotopic (exact) mass is 379 g/mol. The van der Waals surface area contributed by atoms with Gasteiger partial charge in [0.15, 0.2) is 0 Å². The molecule has 0 heterocycles. The minimum absolute atomic E-state index is 0.0379. The van der Waals surface area contributed by atoms with Crippen molar-refractivity contribution >= 4 is 34.5 Å². The van der Waals surface area contributed by atoms with Crippen molar-refractivity contribution in [2.45, 2.75) is 46.3 Å². The van der Waals surface area contributed by atoms with Gasteiger partial charge < -0.3 is 4.74 Å². The first-order chi connectivity index (χ1) is 10.9. The van der Waals surface area contributed by atoms with E-state index < -0.39 is 23.2 Å². The minimum atomic E-state index is -4.51. The van der Waals surface area contributed by atoms with Crippen molar-refractivity contribution in [1.82, 2.24) is 4.31 Å². The molecule has 0 saturated carbocycles. The number of aryl methyl sites for hydroxylation is 1. The molecular weight excluding hydrogens is 359 g/mol. The Morgan fingerprint density at radius 3 is 2.29 bits per heavy atom. The van der Waals surface area contributed by atoms with E-state index in [9.17, 15) is 18.0 Å². The number of alkyl halides is 3. The third-order valence-electron chi connectivity index (χ3n) is 2.87. The molecule has 0 fully saturated rings. The lowest BCUT2D eigenvalue weighted by molar-refractivity contribution is -0.137. The maximum atomic E-state index is 13.0. The van der Waals surface area contributed by atoms with Gasteiger partial charge in [-0.3, -0.25) is 9.10 Å².